The molecule has 0 aromatic heterocycles. The molecule has 3 rings (SSSR count). The molecule has 0 saturated carbocycles. The van der Waals surface area contributed by atoms with Gasteiger partial charge in [0.2, 0.25) is 5.90 Å². The van der Waals surface area contributed by atoms with Crippen LogP contribution in [-0.4, -0.2) is 32.7 Å². The molecular formula is C21H20ClNO5. The summed E-state index contributed by atoms with van der Waals surface area (Å²) < 4.78 is 21.4. The Bertz CT molecular complexity index is 935. The molecule has 0 bridgehead atoms. The molecule has 2 aromatic carbocycles. The number of ether oxygens (including phenoxy) is 4. The summed E-state index contributed by atoms with van der Waals surface area (Å²) in [5.41, 5.74) is 1.50. The smallest absolute Gasteiger partial charge is 0.363 e. The Morgan fingerprint density at radius 2 is 1.89 bits per heavy atom. The van der Waals surface area contributed by atoms with Gasteiger partial charge in [-0.15, -0.1) is 0 Å². The minimum absolute atomic E-state index is 0.172. The quantitative estimate of drug-likeness (QED) is 0.505. The highest BCUT2D eigenvalue weighted by molar-refractivity contribution is 6.32. The third-order valence-electron chi connectivity index (χ3n) is 3.96. The lowest BCUT2D eigenvalue weighted by atomic mass is 10.1. The van der Waals surface area contributed by atoms with Gasteiger partial charge in [-0.05, 0) is 54.5 Å². The molecule has 0 spiro atoms. The monoisotopic (exact) mass is 401 g/mol. The predicted octanol–water partition coefficient (Wildman–Crippen LogP) is 4.49. The largest absolute Gasteiger partial charge is 0.497 e. The van der Waals surface area contributed by atoms with Crippen LogP contribution in [0.15, 0.2) is 47.1 Å². The fourth-order valence-corrected chi connectivity index (χ4v) is 2.87. The van der Waals surface area contributed by atoms with Crippen LogP contribution in [0.5, 0.6) is 17.2 Å². The second kappa shape index (κ2) is 8.80. The SMILES string of the molecule is CCCOc1c(Cl)cc(/C=C2/N=C(c3ccc(OC)cc3)OC2=O)cc1OC. The van der Waals surface area contributed by atoms with Gasteiger partial charge in [-0.1, -0.05) is 18.5 Å². The van der Waals surface area contributed by atoms with E-state index in [0.29, 0.717) is 40.0 Å². The van der Waals surface area contributed by atoms with E-state index < -0.39 is 5.97 Å². The molecule has 0 N–H and O–H groups in total. The van der Waals surface area contributed by atoms with Crippen molar-refractivity contribution >= 4 is 29.5 Å². The van der Waals surface area contributed by atoms with E-state index >= 15 is 0 Å². The molecule has 28 heavy (non-hydrogen) atoms. The van der Waals surface area contributed by atoms with Crippen molar-refractivity contribution in [2.45, 2.75) is 13.3 Å². The van der Waals surface area contributed by atoms with E-state index in [1.54, 1.807) is 49.6 Å². The Kier molecular flexibility index (Phi) is 6.21. The molecule has 1 heterocycles. The van der Waals surface area contributed by atoms with E-state index in [2.05, 4.69) is 4.99 Å². The van der Waals surface area contributed by atoms with Crippen LogP contribution in [-0.2, 0) is 9.53 Å². The zero-order valence-electron chi connectivity index (χ0n) is 15.8. The second-order valence-electron chi connectivity index (χ2n) is 5.95. The third-order valence-corrected chi connectivity index (χ3v) is 4.24. The van der Waals surface area contributed by atoms with E-state index in [4.69, 9.17) is 30.5 Å². The number of carbonyl (C=O) groups is 1. The van der Waals surface area contributed by atoms with Gasteiger partial charge in [-0.25, -0.2) is 9.79 Å². The topological polar surface area (TPSA) is 66.3 Å². The van der Waals surface area contributed by atoms with Gasteiger partial charge < -0.3 is 18.9 Å². The van der Waals surface area contributed by atoms with Crippen LogP contribution in [0.25, 0.3) is 6.08 Å². The van der Waals surface area contributed by atoms with Crippen LogP contribution >= 0.6 is 11.6 Å². The van der Waals surface area contributed by atoms with Gasteiger partial charge in [0.05, 0.1) is 25.8 Å². The number of carbonyl (C=O) groups excluding carboxylic acids is 1. The minimum Gasteiger partial charge on any atom is -0.497 e. The fraction of sp³-hybridized carbons (Fsp3) is 0.238. The molecule has 0 unspecified atom stereocenters. The van der Waals surface area contributed by atoms with Gasteiger partial charge in [-0.3, -0.25) is 0 Å². The molecule has 1 aliphatic heterocycles. The maximum atomic E-state index is 12.2. The van der Waals surface area contributed by atoms with E-state index in [1.807, 2.05) is 6.92 Å². The van der Waals surface area contributed by atoms with Crippen molar-refractivity contribution in [3.05, 3.63) is 58.2 Å². The first-order valence-electron chi connectivity index (χ1n) is 8.73. The number of methoxy groups -OCH3 is 2. The highest BCUT2D eigenvalue weighted by atomic mass is 35.5. The van der Waals surface area contributed by atoms with E-state index in [-0.39, 0.29) is 11.6 Å². The van der Waals surface area contributed by atoms with Gasteiger partial charge >= 0.3 is 5.97 Å². The Hall–Kier alpha value is -2.99. The highest BCUT2D eigenvalue weighted by Crippen LogP contribution is 2.37. The lowest BCUT2D eigenvalue weighted by Crippen LogP contribution is -2.05. The second-order valence-corrected chi connectivity index (χ2v) is 6.35. The summed E-state index contributed by atoms with van der Waals surface area (Å²) in [5, 5.41) is 0.394. The van der Waals surface area contributed by atoms with Crippen LogP contribution in [0.4, 0.5) is 0 Å². The van der Waals surface area contributed by atoms with Gasteiger partial charge in [0, 0.05) is 5.56 Å². The van der Waals surface area contributed by atoms with Crippen molar-refractivity contribution < 1.29 is 23.7 Å². The molecular weight excluding hydrogens is 382 g/mol. The lowest BCUT2D eigenvalue weighted by molar-refractivity contribution is -0.129. The number of rotatable bonds is 7. The van der Waals surface area contributed by atoms with E-state index in [1.165, 1.54) is 7.11 Å². The summed E-state index contributed by atoms with van der Waals surface area (Å²) in [6, 6.07) is 10.5. The highest BCUT2D eigenvalue weighted by Gasteiger charge is 2.24. The van der Waals surface area contributed by atoms with Crippen LogP contribution < -0.4 is 14.2 Å². The first kappa shape index (κ1) is 19.8. The first-order chi connectivity index (χ1) is 13.5. The van der Waals surface area contributed by atoms with Crippen molar-refractivity contribution in [3.63, 3.8) is 0 Å². The average Bonchev–Trinajstić information content (AvgIpc) is 3.07. The number of halogens is 1. The molecule has 7 heteroatoms. The van der Waals surface area contributed by atoms with Gasteiger partial charge in [0.15, 0.2) is 17.2 Å². The fourth-order valence-electron chi connectivity index (χ4n) is 2.59. The molecule has 0 saturated heterocycles. The Labute approximate surface area is 168 Å². The van der Waals surface area contributed by atoms with Crippen molar-refractivity contribution in [1.82, 2.24) is 0 Å². The number of cyclic esters (lactones) is 1. The van der Waals surface area contributed by atoms with Crippen molar-refractivity contribution in [2.75, 3.05) is 20.8 Å². The normalized spacial score (nSPS) is 14.6. The molecule has 146 valence electrons. The Morgan fingerprint density at radius 1 is 1.14 bits per heavy atom. The van der Waals surface area contributed by atoms with Crippen LogP contribution in [0, 0.1) is 0 Å². The molecule has 6 nitrogen and oxygen atoms in total. The maximum Gasteiger partial charge on any atom is 0.363 e. The van der Waals surface area contributed by atoms with Gasteiger partial charge in [0.25, 0.3) is 0 Å². The summed E-state index contributed by atoms with van der Waals surface area (Å²) in [7, 11) is 3.12. The predicted molar refractivity (Wildman–Crippen MR) is 107 cm³/mol. The summed E-state index contributed by atoms with van der Waals surface area (Å²) in [6.07, 6.45) is 2.44. The summed E-state index contributed by atoms with van der Waals surface area (Å²) in [4.78, 5) is 16.5. The summed E-state index contributed by atoms with van der Waals surface area (Å²) >= 11 is 6.33. The number of esters is 1. The van der Waals surface area contributed by atoms with Crippen LogP contribution in [0.1, 0.15) is 24.5 Å². The van der Waals surface area contributed by atoms with Crippen molar-refractivity contribution in [3.8, 4) is 17.2 Å². The zero-order valence-corrected chi connectivity index (χ0v) is 16.6. The van der Waals surface area contributed by atoms with E-state index in [0.717, 1.165) is 6.42 Å². The maximum absolute atomic E-state index is 12.2. The zero-order chi connectivity index (χ0) is 20.1. The standard InChI is InChI=1S/C21H20ClNO5/c1-4-9-27-19-16(22)10-13(12-18(19)26-3)11-17-21(24)28-20(23-17)14-5-7-15(25-2)8-6-14/h5-8,10-12H,4,9H2,1-3H3/b17-11+. The average molecular weight is 402 g/mol. The van der Waals surface area contributed by atoms with Crippen LogP contribution in [0.3, 0.4) is 0 Å². The van der Waals surface area contributed by atoms with Gasteiger partial charge in [0.1, 0.15) is 5.75 Å². The Morgan fingerprint density at radius 3 is 2.54 bits per heavy atom. The third kappa shape index (κ3) is 4.28. The van der Waals surface area contributed by atoms with Crippen molar-refractivity contribution in [1.29, 1.82) is 0 Å². The number of nitrogens with zero attached hydrogens (tertiary/aromatic N) is 1. The molecule has 0 radical (unpaired) electrons. The molecule has 1 aliphatic rings. The molecule has 0 aliphatic carbocycles. The molecule has 0 amide bonds. The van der Waals surface area contributed by atoms with Crippen molar-refractivity contribution in [2.24, 2.45) is 4.99 Å². The minimum atomic E-state index is -0.535. The molecule has 2 aromatic rings. The van der Waals surface area contributed by atoms with E-state index in [9.17, 15) is 4.79 Å². The van der Waals surface area contributed by atoms with Crippen LogP contribution in [0.2, 0.25) is 5.02 Å². The number of aliphatic imine (C=N–C) groups is 1. The number of hydrogen-bond acceptors (Lipinski definition) is 6. The lowest BCUT2D eigenvalue weighted by Gasteiger charge is -2.12. The summed E-state index contributed by atoms with van der Waals surface area (Å²) in [6.45, 7) is 2.53. The van der Waals surface area contributed by atoms with Gasteiger partial charge in [-0.2, -0.15) is 0 Å². The number of hydrogen-bond donors (Lipinski definition) is 0. The molecule has 0 fully saturated rings. The number of benzene rings is 2. The first-order valence-corrected chi connectivity index (χ1v) is 9.10. The molecule has 0 atom stereocenters. The Balaban J connectivity index is 1.90. The summed E-state index contributed by atoms with van der Waals surface area (Å²) in [5.74, 6) is 1.37.